The van der Waals surface area contributed by atoms with Gasteiger partial charge in [0.15, 0.2) is 5.69 Å². The third kappa shape index (κ3) is 5.05. The molecular formula is C16H20BrN5O4. The van der Waals surface area contributed by atoms with Crippen LogP contribution in [0.3, 0.4) is 0 Å². The second-order valence-corrected chi connectivity index (χ2v) is 7.80. The van der Waals surface area contributed by atoms with Crippen LogP contribution in [0, 0.1) is 21.4 Å². The van der Waals surface area contributed by atoms with Gasteiger partial charge in [-0.15, -0.1) is 0 Å². The van der Waals surface area contributed by atoms with E-state index in [1.807, 2.05) is 26.8 Å². The minimum absolute atomic E-state index is 0.0606. The van der Waals surface area contributed by atoms with Crippen LogP contribution in [0.25, 0.3) is 0 Å². The quantitative estimate of drug-likeness (QED) is 0.580. The van der Waals surface area contributed by atoms with E-state index >= 15 is 0 Å². The van der Waals surface area contributed by atoms with Crippen LogP contribution in [0.5, 0.6) is 0 Å². The summed E-state index contributed by atoms with van der Waals surface area (Å²) in [6.07, 6.45) is 0.821. The Labute approximate surface area is 159 Å². The van der Waals surface area contributed by atoms with Crippen molar-refractivity contribution in [1.29, 1.82) is 5.26 Å². The van der Waals surface area contributed by atoms with Crippen LogP contribution in [-0.2, 0) is 4.74 Å². The molecule has 0 aromatic carbocycles. The Kier molecular flexibility index (Phi) is 6.02. The zero-order chi connectivity index (χ0) is 19.5. The predicted octanol–water partition coefficient (Wildman–Crippen LogP) is 3.44. The normalized spacial score (nSPS) is 15.3. The van der Waals surface area contributed by atoms with Crippen molar-refractivity contribution in [2.45, 2.75) is 45.3 Å². The summed E-state index contributed by atoms with van der Waals surface area (Å²) in [7, 11) is 0. The standard InChI is InChI=1S/C16H20BrN5O4/c1-16(2,3)26-15(23)21-6-4-10(5-7-21)19-14-13(22(24)25)8-11(17)12(9-18)20-14/h8,10H,4-7H2,1-3H3,(H,19,20). The number of aromatic nitrogens is 1. The van der Waals surface area contributed by atoms with Crippen molar-refractivity contribution in [1.82, 2.24) is 9.88 Å². The van der Waals surface area contributed by atoms with Gasteiger partial charge < -0.3 is 15.0 Å². The first-order valence-electron chi connectivity index (χ1n) is 8.10. The van der Waals surface area contributed by atoms with Gasteiger partial charge in [0.1, 0.15) is 11.7 Å². The van der Waals surface area contributed by atoms with Gasteiger partial charge in [-0.1, -0.05) is 0 Å². The van der Waals surface area contributed by atoms with Crippen LogP contribution in [0.4, 0.5) is 16.3 Å². The number of nitriles is 1. The van der Waals surface area contributed by atoms with Gasteiger partial charge in [0.05, 0.1) is 9.40 Å². The van der Waals surface area contributed by atoms with Crippen molar-refractivity contribution in [3.63, 3.8) is 0 Å². The zero-order valence-electron chi connectivity index (χ0n) is 14.8. The molecule has 10 heteroatoms. The molecule has 1 amide bonds. The van der Waals surface area contributed by atoms with Gasteiger partial charge in [-0.05, 0) is 49.5 Å². The molecule has 0 aliphatic carbocycles. The van der Waals surface area contributed by atoms with Crippen molar-refractivity contribution in [3.8, 4) is 6.07 Å². The number of hydrogen-bond donors (Lipinski definition) is 1. The van der Waals surface area contributed by atoms with E-state index in [1.165, 1.54) is 6.07 Å². The molecule has 140 valence electrons. The summed E-state index contributed by atoms with van der Waals surface area (Å²) < 4.78 is 5.62. The number of carbonyl (C=O) groups is 1. The third-order valence-electron chi connectivity index (χ3n) is 3.75. The largest absolute Gasteiger partial charge is 0.444 e. The maximum Gasteiger partial charge on any atom is 0.410 e. The molecule has 1 N–H and O–H groups in total. The molecule has 1 aromatic rings. The van der Waals surface area contributed by atoms with Crippen molar-refractivity contribution in [2.75, 3.05) is 18.4 Å². The van der Waals surface area contributed by atoms with Gasteiger partial charge in [0, 0.05) is 25.2 Å². The highest BCUT2D eigenvalue weighted by atomic mass is 79.9. The summed E-state index contributed by atoms with van der Waals surface area (Å²) in [6.45, 7) is 6.38. The van der Waals surface area contributed by atoms with Crippen molar-refractivity contribution in [2.24, 2.45) is 0 Å². The predicted molar refractivity (Wildman–Crippen MR) is 97.8 cm³/mol. The molecule has 1 saturated heterocycles. The molecule has 0 radical (unpaired) electrons. The lowest BCUT2D eigenvalue weighted by Crippen LogP contribution is -2.44. The van der Waals surface area contributed by atoms with E-state index in [0.29, 0.717) is 25.9 Å². The summed E-state index contributed by atoms with van der Waals surface area (Å²) in [4.78, 5) is 28.4. The Bertz CT molecular complexity index is 748. The minimum atomic E-state index is -0.554. The van der Waals surface area contributed by atoms with Crippen LogP contribution < -0.4 is 5.32 Å². The van der Waals surface area contributed by atoms with E-state index in [-0.39, 0.29) is 33.8 Å². The van der Waals surface area contributed by atoms with Crippen LogP contribution in [0.2, 0.25) is 0 Å². The Balaban J connectivity index is 2.05. The fourth-order valence-electron chi connectivity index (χ4n) is 2.53. The van der Waals surface area contributed by atoms with Crippen LogP contribution >= 0.6 is 15.9 Å². The first-order valence-corrected chi connectivity index (χ1v) is 8.89. The first-order chi connectivity index (χ1) is 12.1. The number of piperidine rings is 1. The average molecular weight is 426 g/mol. The SMILES string of the molecule is CC(C)(C)OC(=O)N1CCC(Nc2nc(C#N)c(Br)cc2[N+](=O)[O-])CC1. The Morgan fingerprint density at radius 2 is 2.12 bits per heavy atom. The Hall–Kier alpha value is -2.41. The molecular weight excluding hydrogens is 406 g/mol. The fraction of sp³-hybridized carbons (Fsp3) is 0.562. The summed E-state index contributed by atoms with van der Waals surface area (Å²) in [6, 6.07) is 3.07. The minimum Gasteiger partial charge on any atom is -0.444 e. The van der Waals surface area contributed by atoms with Crippen molar-refractivity contribution in [3.05, 3.63) is 26.3 Å². The maximum atomic E-state index is 12.1. The number of hydrogen-bond acceptors (Lipinski definition) is 7. The van der Waals surface area contributed by atoms with E-state index < -0.39 is 10.5 Å². The molecule has 1 aromatic heterocycles. The van der Waals surface area contributed by atoms with E-state index in [0.717, 1.165) is 0 Å². The highest BCUT2D eigenvalue weighted by Gasteiger charge is 2.28. The molecule has 1 aliphatic rings. The van der Waals surface area contributed by atoms with E-state index in [1.54, 1.807) is 4.90 Å². The molecule has 0 saturated carbocycles. The smallest absolute Gasteiger partial charge is 0.410 e. The summed E-state index contributed by atoms with van der Waals surface area (Å²) >= 11 is 3.11. The first kappa shape index (κ1) is 19.9. The van der Waals surface area contributed by atoms with Gasteiger partial charge in [0.25, 0.3) is 0 Å². The van der Waals surface area contributed by atoms with E-state index in [9.17, 15) is 14.9 Å². The summed E-state index contributed by atoms with van der Waals surface area (Å²) in [5, 5.41) is 23.3. The lowest BCUT2D eigenvalue weighted by Gasteiger charge is -2.33. The van der Waals surface area contributed by atoms with E-state index in [4.69, 9.17) is 10.00 Å². The van der Waals surface area contributed by atoms with Gasteiger partial charge in [-0.3, -0.25) is 10.1 Å². The van der Waals surface area contributed by atoms with Crippen LogP contribution in [0.15, 0.2) is 10.5 Å². The lowest BCUT2D eigenvalue weighted by atomic mass is 10.1. The number of anilines is 1. The van der Waals surface area contributed by atoms with Crippen LogP contribution in [-0.4, -0.2) is 45.6 Å². The Morgan fingerprint density at radius 3 is 2.62 bits per heavy atom. The number of nitrogens with zero attached hydrogens (tertiary/aromatic N) is 4. The van der Waals surface area contributed by atoms with Gasteiger partial charge >= 0.3 is 11.8 Å². The van der Waals surface area contributed by atoms with Crippen LogP contribution in [0.1, 0.15) is 39.3 Å². The number of nitro groups is 1. The van der Waals surface area contributed by atoms with Crippen molar-refractivity contribution >= 4 is 33.5 Å². The fourth-order valence-corrected chi connectivity index (χ4v) is 2.92. The monoisotopic (exact) mass is 425 g/mol. The molecule has 2 heterocycles. The maximum absolute atomic E-state index is 12.1. The number of rotatable bonds is 3. The van der Waals surface area contributed by atoms with E-state index in [2.05, 4.69) is 26.2 Å². The second kappa shape index (κ2) is 7.86. The third-order valence-corrected chi connectivity index (χ3v) is 4.35. The summed E-state index contributed by atoms with van der Waals surface area (Å²) in [5.74, 6) is 0.0606. The zero-order valence-corrected chi connectivity index (χ0v) is 16.4. The van der Waals surface area contributed by atoms with Gasteiger partial charge in [-0.2, -0.15) is 5.26 Å². The second-order valence-electron chi connectivity index (χ2n) is 6.94. The number of halogens is 1. The number of amides is 1. The molecule has 1 fully saturated rings. The Morgan fingerprint density at radius 1 is 1.50 bits per heavy atom. The molecule has 2 rings (SSSR count). The molecule has 0 spiro atoms. The topological polar surface area (TPSA) is 121 Å². The molecule has 9 nitrogen and oxygen atoms in total. The van der Waals surface area contributed by atoms with Crippen molar-refractivity contribution < 1.29 is 14.5 Å². The van der Waals surface area contributed by atoms with Gasteiger partial charge in [-0.25, -0.2) is 9.78 Å². The molecule has 1 aliphatic heterocycles. The van der Waals surface area contributed by atoms with Gasteiger partial charge in [0.2, 0.25) is 5.82 Å². The average Bonchev–Trinajstić information content (AvgIpc) is 2.55. The number of nitrogens with one attached hydrogen (secondary N) is 1. The molecule has 0 unspecified atom stereocenters. The number of carbonyl (C=O) groups excluding carboxylic acids is 1. The lowest BCUT2D eigenvalue weighted by molar-refractivity contribution is -0.384. The number of ether oxygens (including phenoxy) is 1. The molecule has 0 atom stereocenters. The highest BCUT2D eigenvalue weighted by Crippen LogP contribution is 2.30. The number of pyridine rings is 1. The number of likely N-dealkylation sites (tertiary alicyclic amines) is 1. The summed E-state index contributed by atoms with van der Waals surface area (Å²) in [5.41, 5.74) is -0.684. The molecule has 26 heavy (non-hydrogen) atoms. The highest BCUT2D eigenvalue weighted by molar-refractivity contribution is 9.10. The molecule has 0 bridgehead atoms.